The van der Waals surface area contributed by atoms with E-state index in [0.717, 1.165) is 0 Å². The zero-order valence-corrected chi connectivity index (χ0v) is 43.1. The van der Waals surface area contributed by atoms with E-state index >= 15 is 0 Å². The molecule has 73 heavy (non-hydrogen) atoms. The Hall–Kier alpha value is -7.32. The molecule has 384 valence electrons. The SMILES string of the molecule is C/C=C/[P+](c1ccccc1)(c1ccccc1)c1ccccc1.CC(C)(C)OC(=O)NC[C@@H]1C=C(c2cnco2)[C@@H]2CN1C(=O)N2OS(=O)(=O)ON1C(=O)N2C[C@H]1C(c1cnco1)=C[C@H]2CNC(=O)OC(C)(C)C. The van der Waals surface area contributed by atoms with Crippen molar-refractivity contribution in [2.24, 2.45) is 0 Å². The van der Waals surface area contributed by atoms with Crippen molar-refractivity contribution in [3.8, 4) is 0 Å². The zero-order chi connectivity index (χ0) is 52.1. The second-order valence-electron chi connectivity index (χ2n) is 19.2. The predicted octanol–water partition coefficient (Wildman–Crippen LogP) is 6.78. The van der Waals surface area contributed by atoms with Gasteiger partial charge < -0.3 is 38.7 Å². The van der Waals surface area contributed by atoms with Crippen LogP contribution in [0.5, 0.6) is 0 Å². The summed E-state index contributed by atoms with van der Waals surface area (Å²) in [6.45, 7) is 12.1. The topological polar surface area (TPSA) is 228 Å². The standard InChI is InChI=1S/C30H38N8O12S.C21H20P/c1-29(2,3)47-25(39)33-9-17-7-19(23-11-31-15-45-23)21-13-35(17)27(41)37(21)49-51(43,44)50-38-22-14-36(28(38)42)18(8-20(22)24-12-32-16-46-24)10-34-26(40)48-30(4,5)6;1-2-18-22(19-12-6-3-7-13-19,20-14-8-4-9-15-20)21-16-10-5-11-17-21/h7-8,11-12,15-18,21-22H,9-10,13-14H2,1-6H3,(H,33,39)(H,34,40);2-18H,1H3/q;+1/b;18-2+/t17-,18-,21-,22-;/m0./s1. The fourth-order valence-corrected chi connectivity index (χ4v) is 13.4. The summed E-state index contributed by atoms with van der Waals surface area (Å²) in [6, 6.07) is 27.4. The average Bonchev–Trinajstić information content (AvgIpc) is 4.18. The molecule has 0 spiro atoms. The van der Waals surface area contributed by atoms with E-state index in [1.807, 2.05) is 0 Å². The van der Waals surface area contributed by atoms with Gasteiger partial charge in [0.15, 0.2) is 24.3 Å². The van der Waals surface area contributed by atoms with Crippen molar-refractivity contribution in [3.63, 3.8) is 0 Å². The summed E-state index contributed by atoms with van der Waals surface area (Å²) < 4.78 is 59.1. The van der Waals surface area contributed by atoms with E-state index in [1.165, 1.54) is 50.9 Å². The summed E-state index contributed by atoms with van der Waals surface area (Å²) in [5.74, 6) is 2.87. The van der Waals surface area contributed by atoms with Gasteiger partial charge in [0.25, 0.3) is 0 Å². The number of hydroxylamine groups is 4. The first-order chi connectivity index (χ1) is 34.8. The number of alkyl carbamates (subject to hydrolysis) is 2. The highest BCUT2D eigenvalue weighted by atomic mass is 32.3. The molecule has 9 rings (SSSR count). The smallest absolute Gasteiger partial charge is 0.442 e. The van der Waals surface area contributed by atoms with E-state index in [0.29, 0.717) is 21.3 Å². The van der Waals surface area contributed by atoms with Crippen molar-refractivity contribution in [3.05, 3.63) is 152 Å². The molecule has 2 saturated heterocycles. The van der Waals surface area contributed by atoms with Crippen molar-refractivity contribution < 1.29 is 54.5 Å². The minimum Gasteiger partial charge on any atom is -0.444 e. The van der Waals surface area contributed by atoms with E-state index in [1.54, 1.807) is 53.7 Å². The number of ether oxygens (including phenoxy) is 2. The monoisotopic (exact) mass is 1040 g/mol. The number of carbonyl (C=O) groups excluding carboxylic acids is 4. The van der Waals surface area contributed by atoms with Crippen LogP contribution in [0, 0.1) is 0 Å². The molecule has 4 atom stereocenters. The van der Waals surface area contributed by atoms with Gasteiger partial charge in [-0.15, -0.1) is 8.57 Å². The summed E-state index contributed by atoms with van der Waals surface area (Å²) in [5, 5.41) is 10.6. The van der Waals surface area contributed by atoms with Crippen molar-refractivity contribution in [1.29, 1.82) is 0 Å². The molecule has 0 aliphatic carbocycles. The Morgan fingerprint density at radius 1 is 0.658 bits per heavy atom. The Kier molecular flexibility index (Phi) is 15.3. The van der Waals surface area contributed by atoms with Crippen LogP contribution in [0.25, 0.3) is 11.1 Å². The first-order valence-electron chi connectivity index (χ1n) is 23.4. The molecule has 2 aromatic heterocycles. The number of nitrogens with zero attached hydrogens (tertiary/aromatic N) is 6. The first kappa shape index (κ1) is 52.0. The normalized spacial score (nSPS) is 19.8. The first-order valence-corrected chi connectivity index (χ1v) is 26.6. The number of allylic oxidation sites excluding steroid dienone is 1. The number of amides is 6. The van der Waals surface area contributed by atoms with Crippen LogP contribution in [0.3, 0.4) is 0 Å². The molecule has 6 heterocycles. The highest BCUT2D eigenvalue weighted by Crippen LogP contribution is 2.56. The number of hydrogen-bond donors (Lipinski definition) is 2. The fourth-order valence-electron chi connectivity index (χ4n) is 8.87. The number of hydrogen-bond acceptors (Lipinski definition) is 14. The van der Waals surface area contributed by atoms with Crippen LogP contribution in [-0.2, 0) is 28.4 Å². The third-order valence-electron chi connectivity index (χ3n) is 11.8. The number of carbonyl (C=O) groups is 4. The lowest BCUT2D eigenvalue weighted by Crippen LogP contribution is -2.46. The quantitative estimate of drug-likeness (QED) is 0.109. The molecule has 3 aromatic carbocycles. The molecule has 0 radical (unpaired) electrons. The summed E-state index contributed by atoms with van der Waals surface area (Å²) in [6.07, 6.45) is 9.12. The average molecular weight is 1040 g/mol. The summed E-state index contributed by atoms with van der Waals surface area (Å²) in [5.41, 5.74) is -0.812. The molecule has 4 aliphatic rings. The maximum atomic E-state index is 13.6. The number of oxazole rings is 2. The molecular weight excluding hydrogens is 980 g/mol. The highest BCUT2D eigenvalue weighted by Gasteiger charge is 2.53. The molecule has 22 heteroatoms. The minimum atomic E-state index is -5.17. The molecule has 5 aromatic rings. The molecule has 20 nitrogen and oxygen atoms in total. The van der Waals surface area contributed by atoms with Gasteiger partial charge in [-0.25, -0.2) is 29.1 Å². The molecule has 2 fully saturated rings. The number of nitrogens with one attached hydrogen (secondary N) is 2. The number of aromatic nitrogens is 2. The van der Waals surface area contributed by atoms with Gasteiger partial charge in [0.05, 0.1) is 43.4 Å². The van der Waals surface area contributed by atoms with Crippen LogP contribution in [-0.4, -0.2) is 124 Å². The maximum absolute atomic E-state index is 13.6. The number of rotatable bonds is 14. The molecule has 4 aliphatic heterocycles. The van der Waals surface area contributed by atoms with Gasteiger partial charge in [-0.05, 0) is 84.9 Å². The van der Waals surface area contributed by atoms with Crippen molar-refractivity contribution in [1.82, 2.24) is 40.5 Å². The van der Waals surface area contributed by atoms with Gasteiger partial charge in [-0.2, -0.15) is 18.5 Å². The van der Waals surface area contributed by atoms with Crippen molar-refractivity contribution in [2.45, 2.75) is 83.8 Å². The maximum Gasteiger partial charge on any atom is 0.442 e. The summed E-state index contributed by atoms with van der Waals surface area (Å²) in [7, 11) is -6.91. The molecule has 6 amide bonds. The second kappa shape index (κ2) is 21.4. The largest absolute Gasteiger partial charge is 0.444 e. The highest BCUT2D eigenvalue weighted by molar-refractivity contribution is 7.98. The van der Waals surface area contributed by atoms with Crippen LogP contribution in [0.4, 0.5) is 19.2 Å². The Balaban J connectivity index is 0.000000268. The van der Waals surface area contributed by atoms with Crippen LogP contribution in [0.1, 0.15) is 60.0 Å². The Bertz CT molecular complexity index is 2720. The van der Waals surface area contributed by atoms with E-state index in [4.69, 9.17) is 26.9 Å². The van der Waals surface area contributed by atoms with Gasteiger partial charge in [-0.3, -0.25) is 0 Å². The molecule has 0 unspecified atom stereocenters. The van der Waals surface area contributed by atoms with E-state index < -0.39 is 77.3 Å². The molecule has 2 N–H and O–H groups in total. The Labute approximate surface area is 424 Å². The minimum absolute atomic E-state index is 0.0503. The lowest BCUT2D eigenvalue weighted by atomic mass is 9.98. The summed E-state index contributed by atoms with van der Waals surface area (Å²) >= 11 is 0. The fraction of sp³-hybridized carbons (Fsp3) is 0.333. The van der Waals surface area contributed by atoms with Crippen LogP contribution >= 0.6 is 7.26 Å². The van der Waals surface area contributed by atoms with E-state index in [-0.39, 0.29) is 37.7 Å². The third-order valence-corrected chi connectivity index (χ3v) is 16.6. The van der Waals surface area contributed by atoms with Gasteiger partial charge >= 0.3 is 34.6 Å². The molecule has 4 bridgehead atoms. The predicted molar refractivity (Wildman–Crippen MR) is 272 cm³/mol. The van der Waals surface area contributed by atoms with Gasteiger partial charge in [0.1, 0.15) is 46.5 Å². The number of fused-ring (bicyclic) bond motifs is 4. The van der Waals surface area contributed by atoms with Crippen molar-refractivity contribution in [2.75, 3.05) is 26.2 Å². The third kappa shape index (κ3) is 11.8. The second-order valence-corrected chi connectivity index (χ2v) is 23.6. The lowest BCUT2D eigenvalue weighted by Gasteiger charge is -2.29. The summed E-state index contributed by atoms with van der Waals surface area (Å²) in [4.78, 5) is 62.4. The molecule has 0 saturated carbocycles. The zero-order valence-electron chi connectivity index (χ0n) is 41.4. The van der Waals surface area contributed by atoms with E-state index in [2.05, 4.69) is 130 Å². The van der Waals surface area contributed by atoms with Gasteiger partial charge in [0.2, 0.25) is 0 Å². The molecular formula is C51H58N8O12PS+. The number of urea groups is 2. The van der Waals surface area contributed by atoms with E-state index in [9.17, 15) is 27.6 Å². The van der Waals surface area contributed by atoms with Gasteiger partial charge in [0, 0.05) is 24.2 Å². The Morgan fingerprint density at radius 2 is 1.03 bits per heavy atom. The van der Waals surface area contributed by atoms with Crippen molar-refractivity contribution >= 4 is 69.0 Å². The lowest BCUT2D eigenvalue weighted by molar-refractivity contribution is -0.0705. The Morgan fingerprint density at radius 3 is 1.34 bits per heavy atom. The van der Waals surface area contributed by atoms with Crippen LogP contribution < -0.4 is 26.5 Å². The van der Waals surface area contributed by atoms with Crippen LogP contribution in [0.2, 0.25) is 0 Å². The van der Waals surface area contributed by atoms with Crippen LogP contribution in [0.15, 0.2) is 149 Å². The number of benzene rings is 3. The van der Waals surface area contributed by atoms with Gasteiger partial charge in [-0.1, -0.05) is 72.8 Å².